The minimum absolute atomic E-state index is 0.261. The zero-order valence-corrected chi connectivity index (χ0v) is 12.0. The molecule has 0 aromatic carbocycles. The number of nitrogens with one attached hydrogen (secondary N) is 1. The normalized spacial score (nSPS) is 13.6. The molecule has 0 radical (unpaired) electrons. The van der Waals surface area contributed by atoms with Crippen molar-refractivity contribution in [1.29, 1.82) is 0 Å². The zero-order chi connectivity index (χ0) is 12.7. The van der Waals surface area contributed by atoms with Crippen LogP contribution in [0.25, 0.3) is 0 Å². The van der Waals surface area contributed by atoms with Crippen LogP contribution in [0.2, 0.25) is 0 Å². The van der Waals surface area contributed by atoms with Crippen molar-refractivity contribution in [2.75, 3.05) is 12.3 Å². The molecule has 0 aliphatic heterocycles. The van der Waals surface area contributed by atoms with Crippen LogP contribution in [0.15, 0.2) is 23.6 Å². The Morgan fingerprint density at radius 2 is 1.94 bits per heavy atom. The molecule has 1 rings (SSSR count). The van der Waals surface area contributed by atoms with E-state index < -0.39 is 0 Å². The average molecular weight is 253 g/mol. The molecule has 17 heavy (non-hydrogen) atoms. The van der Waals surface area contributed by atoms with Crippen LogP contribution in [0, 0.1) is 5.41 Å². The maximum atomic E-state index is 4.24. The van der Waals surface area contributed by atoms with Gasteiger partial charge < -0.3 is 5.32 Å². The molecule has 1 aromatic rings. The smallest absolute Gasteiger partial charge is 0.187 e. The molecule has 1 N–H and O–H groups in total. The van der Waals surface area contributed by atoms with Gasteiger partial charge in [-0.15, -0.1) is 0 Å². The lowest BCUT2D eigenvalue weighted by atomic mass is 9.88. The number of aromatic nitrogens is 2. The average Bonchev–Trinajstić information content (AvgIpc) is 2.29. The van der Waals surface area contributed by atoms with Gasteiger partial charge in [-0.3, -0.25) is 0 Å². The lowest BCUT2D eigenvalue weighted by Gasteiger charge is -2.31. The summed E-state index contributed by atoms with van der Waals surface area (Å²) < 4.78 is 0. The molecule has 0 aliphatic carbocycles. The second-order valence-electron chi connectivity index (χ2n) is 5.22. The summed E-state index contributed by atoms with van der Waals surface area (Å²) in [5, 5.41) is 4.46. The predicted octanol–water partition coefficient (Wildman–Crippen LogP) is 2.98. The van der Waals surface area contributed by atoms with Gasteiger partial charge in [-0.25, -0.2) is 9.97 Å². The van der Waals surface area contributed by atoms with Gasteiger partial charge in [0.1, 0.15) is 0 Å². The van der Waals surface area contributed by atoms with Crippen molar-refractivity contribution in [2.45, 2.75) is 45.3 Å². The Hall–Kier alpha value is -0.610. The standard InChI is InChI=1S/C13H23N3S/c1-5-7-14-11(13(2,3)4)10-17-12-15-8-6-9-16-12/h6,8-9,11,14H,5,7,10H2,1-4H3. The molecular formula is C13H23N3S. The van der Waals surface area contributed by atoms with Crippen molar-refractivity contribution in [2.24, 2.45) is 5.41 Å². The van der Waals surface area contributed by atoms with E-state index in [1.165, 1.54) is 6.42 Å². The van der Waals surface area contributed by atoms with Crippen LogP contribution in [0.3, 0.4) is 0 Å². The van der Waals surface area contributed by atoms with Gasteiger partial charge in [0.25, 0.3) is 0 Å². The predicted molar refractivity (Wildman–Crippen MR) is 74.3 cm³/mol. The highest BCUT2D eigenvalue weighted by atomic mass is 32.2. The molecule has 3 nitrogen and oxygen atoms in total. The fraction of sp³-hybridized carbons (Fsp3) is 0.692. The highest BCUT2D eigenvalue weighted by molar-refractivity contribution is 7.99. The summed E-state index contributed by atoms with van der Waals surface area (Å²) in [4.78, 5) is 8.47. The molecule has 0 saturated carbocycles. The number of hydrogen-bond acceptors (Lipinski definition) is 4. The molecular weight excluding hydrogens is 230 g/mol. The molecule has 0 bridgehead atoms. The molecule has 4 heteroatoms. The fourth-order valence-electron chi connectivity index (χ4n) is 1.45. The van der Waals surface area contributed by atoms with E-state index in [2.05, 4.69) is 43.0 Å². The first-order valence-corrected chi connectivity index (χ1v) is 7.15. The molecule has 0 fully saturated rings. The molecule has 1 heterocycles. The molecule has 1 atom stereocenters. The Labute approximate surface area is 109 Å². The van der Waals surface area contributed by atoms with Crippen molar-refractivity contribution in [3.8, 4) is 0 Å². The van der Waals surface area contributed by atoms with Gasteiger partial charge in [-0.1, -0.05) is 39.5 Å². The molecule has 0 saturated heterocycles. The minimum atomic E-state index is 0.261. The first-order chi connectivity index (χ1) is 8.04. The maximum Gasteiger partial charge on any atom is 0.187 e. The van der Waals surface area contributed by atoms with E-state index in [-0.39, 0.29) is 5.41 Å². The largest absolute Gasteiger partial charge is 0.313 e. The molecule has 1 aromatic heterocycles. The monoisotopic (exact) mass is 253 g/mol. The van der Waals surface area contributed by atoms with Crippen LogP contribution < -0.4 is 5.32 Å². The van der Waals surface area contributed by atoms with Crippen molar-refractivity contribution in [3.63, 3.8) is 0 Å². The number of hydrogen-bond donors (Lipinski definition) is 1. The quantitative estimate of drug-likeness (QED) is 0.625. The van der Waals surface area contributed by atoms with Crippen molar-refractivity contribution < 1.29 is 0 Å². The lowest BCUT2D eigenvalue weighted by molar-refractivity contribution is 0.291. The first-order valence-electron chi connectivity index (χ1n) is 6.17. The second kappa shape index (κ2) is 6.97. The number of nitrogens with zero attached hydrogens (tertiary/aromatic N) is 2. The third-order valence-corrected chi connectivity index (χ3v) is 3.58. The van der Waals surface area contributed by atoms with Gasteiger partial charge in [-0.05, 0) is 24.4 Å². The van der Waals surface area contributed by atoms with Crippen molar-refractivity contribution >= 4 is 11.8 Å². The Balaban J connectivity index is 2.49. The summed E-state index contributed by atoms with van der Waals surface area (Å²) in [5.41, 5.74) is 0.261. The second-order valence-corrected chi connectivity index (χ2v) is 6.20. The summed E-state index contributed by atoms with van der Waals surface area (Å²) in [5.74, 6) is 1.01. The van der Waals surface area contributed by atoms with E-state index in [0.29, 0.717) is 6.04 Å². The van der Waals surface area contributed by atoms with Crippen LogP contribution >= 0.6 is 11.8 Å². The first kappa shape index (κ1) is 14.5. The lowest BCUT2D eigenvalue weighted by Crippen LogP contribution is -2.42. The van der Waals surface area contributed by atoms with E-state index >= 15 is 0 Å². The Morgan fingerprint density at radius 1 is 1.29 bits per heavy atom. The SMILES string of the molecule is CCCNC(CSc1ncccn1)C(C)(C)C. The molecule has 0 spiro atoms. The van der Waals surface area contributed by atoms with Gasteiger partial charge in [-0.2, -0.15) is 0 Å². The Bertz CT molecular complexity index is 308. The Kier molecular flexibility index (Phi) is 5.92. The summed E-state index contributed by atoms with van der Waals surface area (Å²) >= 11 is 1.72. The highest BCUT2D eigenvalue weighted by Gasteiger charge is 2.24. The molecule has 0 amide bonds. The number of rotatable bonds is 6. The summed E-state index contributed by atoms with van der Waals surface area (Å²) in [6, 6.07) is 2.33. The highest BCUT2D eigenvalue weighted by Crippen LogP contribution is 2.24. The maximum absolute atomic E-state index is 4.24. The minimum Gasteiger partial charge on any atom is -0.313 e. The van der Waals surface area contributed by atoms with Crippen LogP contribution in [0.1, 0.15) is 34.1 Å². The topological polar surface area (TPSA) is 37.8 Å². The van der Waals surface area contributed by atoms with E-state index in [9.17, 15) is 0 Å². The van der Waals surface area contributed by atoms with Crippen LogP contribution in [-0.2, 0) is 0 Å². The number of thioether (sulfide) groups is 1. The van der Waals surface area contributed by atoms with Gasteiger partial charge in [0, 0.05) is 24.2 Å². The van der Waals surface area contributed by atoms with Crippen molar-refractivity contribution in [3.05, 3.63) is 18.5 Å². The van der Waals surface area contributed by atoms with Gasteiger partial charge in [0.05, 0.1) is 0 Å². The third kappa shape index (κ3) is 5.50. The van der Waals surface area contributed by atoms with Crippen LogP contribution in [0.4, 0.5) is 0 Å². The summed E-state index contributed by atoms with van der Waals surface area (Å²) in [6.45, 7) is 10.1. The van der Waals surface area contributed by atoms with Gasteiger partial charge >= 0.3 is 0 Å². The molecule has 96 valence electrons. The van der Waals surface area contributed by atoms with Gasteiger partial charge in [0.15, 0.2) is 5.16 Å². The summed E-state index contributed by atoms with van der Waals surface area (Å²) in [7, 11) is 0. The molecule has 1 unspecified atom stereocenters. The van der Waals surface area contributed by atoms with Gasteiger partial charge in [0.2, 0.25) is 0 Å². The van der Waals surface area contributed by atoms with E-state index in [1.807, 2.05) is 6.07 Å². The molecule has 0 aliphatic rings. The van der Waals surface area contributed by atoms with E-state index in [4.69, 9.17) is 0 Å². The Morgan fingerprint density at radius 3 is 2.47 bits per heavy atom. The summed E-state index contributed by atoms with van der Waals surface area (Å²) in [6.07, 6.45) is 4.75. The fourth-order valence-corrected chi connectivity index (χ4v) is 2.66. The van der Waals surface area contributed by atoms with E-state index in [1.54, 1.807) is 24.2 Å². The van der Waals surface area contributed by atoms with E-state index in [0.717, 1.165) is 17.5 Å². The van der Waals surface area contributed by atoms with Crippen LogP contribution in [-0.4, -0.2) is 28.3 Å². The van der Waals surface area contributed by atoms with Crippen LogP contribution in [0.5, 0.6) is 0 Å². The van der Waals surface area contributed by atoms with Crippen molar-refractivity contribution in [1.82, 2.24) is 15.3 Å². The third-order valence-electron chi connectivity index (χ3n) is 2.61. The zero-order valence-electron chi connectivity index (χ0n) is 11.2.